The van der Waals surface area contributed by atoms with Gasteiger partial charge in [0.1, 0.15) is 0 Å². The molecule has 2 aromatic carbocycles. The molecule has 0 saturated heterocycles. The number of rotatable bonds is 5. The second kappa shape index (κ2) is 6.33. The quantitative estimate of drug-likeness (QED) is 0.779. The van der Waals surface area contributed by atoms with Crippen molar-refractivity contribution >= 4 is 0 Å². The number of benzene rings is 2. The second-order valence-corrected chi connectivity index (χ2v) is 4.97. The normalized spacial score (nSPS) is 12.2. The van der Waals surface area contributed by atoms with Crippen LogP contribution in [0.15, 0.2) is 66.9 Å². The maximum absolute atomic E-state index is 4.49. The lowest BCUT2D eigenvalue weighted by atomic mass is 10.1. The van der Waals surface area contributed by atoms with Crippen LogP contribution >= 0.6 is 0 Å². The van der Waals surface area contributed by atoms with E-state index in [2.05, 4.69) is 46.7 Å². The van der Waals surface area contributed by atoms with Crippen molar-refractivity contribution in [1.82, 2.24) is 20.3 Å². The number of aromatic nitrogens is 3. The number of nitrogens with zero attached hydrogens (tertiary/aromatic N) is 3. The van der Waals surface area contributed by atoms with Gasteiger partial charge in [-0.1, -0.05) is 48.5 Å². The third-order valence-corrected chi connectivity index (χ3v) is 3.42. The molecule has 0 aliphatic carbocycles. The summed E-state index contributed by atoms with van der Waals surface area (Å²) in [5, 5.41) is 12.3. The lowest BCUT2D eigenvalue weighted by molar-refractivity contribution is 0.564. The van der Waals surface area contributed by atoms with Crippen LogP contribution in [0.2, 0.25) is 0 Å². The molecule has 21 heavy (non-hydrogen) atoms. The summed E-state index contributed by atoms with van der Waals surface area (Å²) in [7, 11) is 0. The summed E-state index contributed by atoms with van der Waals surface area (Å²) in [5.74, 6) is 0. The van der Waals surface area contributed by atoms with E-state index in [4.69, 9.17) is 0 Å². The van der Waals surface area contributed by atoms with Crippen LogP contribution in [0.25, 0.3) is 5.69 Å². The van der Waals surface area contributed by atoms with E-state index in [-0.39, 0.29) is 6.04 Å². The Kier molecular flexibility index (Phi) is 4.07. The maximum Gasteiger partial charge on any atom is 0.0969 e. The van der Waals surface area contributed by atoms with Gasteiger partial charge in [0.15, 0.2) is 0 Å². The SMILES string of the molecule is CC(NCc1cnn(-c2ccccc2)n1)c1ccccc1. The first-order chi connectivity index (χ1) is 10.3. The van der Waals surface area contributed by atoms with Crippen LogP contribution in [0.3, 0.4) is 0 Å². The van der Waals surface area contributed by atoms with Crippen LogP contribution in [0.5, 0.6) is 0 Å². The van der Waals surface area contributed by atoms with Crippen LogP contribution in [-0.2, 0) is 6.54 Å². The summed E-state index contributed by atoms with van der Waals surface area (Å²) < 4.78 is 0. The highest BCUT2D eigenvalue weighted by molar-refractivity contribution is 5.28. The van der Waals surface area contributed by atoms with Crippen LogP contribution in [-0.4, -0.2) is 15.0 Å². The fourth-order valence-corrected chi connectivity index (χ4v) is 2.18. The molecule has 3 aromatic rings. The van der Waals surface area contributed by atoms with Gasteiger partial charge in [-0.3, -0.25) is 0 Å². The third kappa shape index (κ3) is 3.35. The Labute approximate surface area is 124 Å². The van der Waals surface area contributed by atoms with Gasteiger partial charge in [-0.15, -0.1) is 0 Å². The Morgan fingerprint density at radius 3 is 2.38 bits per heavy atom. The number of hydrogen-bond acceptors (Lipinski definition) is 3. The fraction of sp³-hybridized carbons (Fsp3) is 0.176. The van der Waals surface area contributed by atoms with Gasteiger partial charge in [-0.25, -0.2) is 0 Å². The molecule has 4 heteroatoms. The van der Waals surface area contributed by atoms with Crippen molar-refractivity contribution in [3.63, 3.8) is 0 Å². The zero-order chi connectivity index (χ0) is 14.5. The number of hydrogen-bond donors (Lipinski definition) is 1. The molecule has 0 fully saturated rings. The van der Waals surface area contributed by atoms with Gasteiger partial charge in [0.05, 0.1) is 17.6 Å². The standard InChI is InChI=1S/C17H18N4/c1-14(15-8-4-2-5-9-15)18-12-16-13-19-21(20-16)17-10-6-3-7-11-17/h2-11,13-14,18H,12H2,1H3. The van der Waals surface area contributed by atoms with Crippen molar-refractivity contribution in [3.8, 4) is 5.69 Å². The first-order valence-electron chi connectivity index (χ1n) is 7.08. The topological polar surface area (TPSA) is 42.7 Å². The van der Waals surface area contributed by atoms with E-state index in [1.165, 1.54) is 5.56 Å². The van der Waals surface area contributed by atoms with E-state index < -0.39 is 0 Å². The zero-order valence-electron chi connectivity index (χ0n) is 12.0. The first kappa shape index (κ1) is 13.5. The molecule has 0 saturated carbocycles. The molecule has 1 N–H and O–H groups in total. The minimum absolute atomic E-state index is 0.285. The van der Waals surface area contributed by atoms with Crippen molar-refractivity contribution < 1.29 is 0 Å². The monoisotopic (exact) mass is 278 g/mol. The second-order valence-electron chi connectivity index (χ2n) is 4.97. The van der Waals surface area contributed by atoms with E-state index in [9.17, 15) is 0 Å². The van der Waals surface area contributed by atoms with E-state index in [0.29, 0.717) is 6.54 Å². The summed E-state index contributed by atoms with van der Waals surface area (Å²) in [6.07, 6.45) is 1.80. The molecule has 1 aromatic heterocycles. The highest BCUT2D eigenvalue weighted by atomic mass is 15.5. The number of nitrogens with one attached hydrogen (secondary N) is 1. The van der Waals surface area contributed by atoms with Crippen LogP contribution in [0, 0.1) is 0 Å². The van der Waals surface area contributed by atoms with Gasteiger partial charge < -0.3 is 5.32 Å². The van der Waals surface area contributed by atoms with E-state index >= 15 is 0 Å². The summed E-state index contributed by atoms with van der Waals surface area (Å²) in [4.78, 5) is 1.66. The molecule has 0 aliphatic heterocycles. The van der Waals surface area contributed by atoms with Crippen molar-refractivity contribution in [1.29, 1.82) is 0 Å². The minimum atomic E-state index is 0.285. The van der Waals surface area contributed by atoms with Crippen LogP contribution in [0.4, 0.5) is 0 Å². The largest absolute Gasteiger partial charge is 0.304 e. The third-order valence-electron chi connectivity index (χ3n) is 3.42. The van der Waals surface area contributed by atoms with Gasteiger partial charge in [0.2, 0.25) is 0 Å². The van der Waals surface area contributed by atoms with E-state index in [1.807, 2.05) is 36.4 Å². The average molecular weight is 278 g/mol. The molecule has 0 radical (unpaired) electrons. The molecule has 1 atom stereocenters. The Bertz CT molecular complexity index is 676. The summed E-state index contributed by atoms with van der Waals surface area (Å²) in [6, 6.07) is 20.6. The van der Waals surface area contributed by atoms with Gasteiger partial charge in [0, 0.05) is 12.6 Å². The Hall–Kier alpha value is -2.46. The predicted molar refractivity (Wildman–Crippen MR) is 83.1 cm³/mol. The minimum Gasteiger partial charge on any atom is -0.304 e. The lowest BCUT2D eigenvalue weighted by Gasteiger charge is -2.12. The van der Waals surface area contributed by atoms with Gasteiger partial charge >= 0.3 is 0 Å². The van der Waals surface area contributed by atoms with E-state index in [1.54, 1.807) is 11.0 Å². The highest BCUT2D eigenvalue weighted by Crippen LogP contribution is 2.12. The molecular formula is C17H18N4. The van der Waals surface area contributed by atoms with Gasteiger partial charge in [-0.05, 0) is 24.6 Å². The number of para-hydroxylation sites is 1. The molecule has 4 nitrogen and oxygen atoms in total. The Morgan fingerprint density at radius 1 is 1.00 bits per heavy atom. The lowest BCUT2D eigenvalue weighted by Crippen LogP contribution is -2.18. The van der Waals surface area contributed by atoms with Gasteiger partial charge in [-0.2, -0.15) is 15.0 Å². The zero-order valence-corrected chi connectivity index (χ0v) is 12.0. The van der Waals surface area contributed by atoms with Gasteiger partial charge in [0.25, 0.3) is 0 Å². The molecule has 0 amide bonds. The van der Waals surface area contributed by atoms with E-state index in [0.717, 1.165) is 11.4 Å². The maximum atomic E-state index is 4.49. The first-order valence-corrected chi connectivity index (χ1v) is 7.08. The summed E-state index contributed by atoms with van der Waals surface area (Å²) in [6.45, 7) is 2.85. The fourth-order valence-electron chi connectivity index (χ4n) is 2.18. The van der Waals surface area contributed by atoms with Crippen molar-refractivity contribution in [3.05, 3.63) is 78.1 Å². The smallest absolute Gasteiger partial charge is 0.0969 e. The molecule has 0 aliphatic rings. The van der Waals surface area contributed by atoms with Crippen LogP contribution < -0.4 is 5.32 Å². The van der Waals surface area contributed by atoms with Crippen molar-refractivity contribution in [2.75, 3.05) is 0 Å². The highest BCUT2D eigenvalue weighted by Gasteiger charge is 2.06. The Morgan fingerprint density at radius 2 is 1.67 bits per heavy atom. The predicted octanol–water partition coefficient (Wildman–Crippen LogP) is 3.12. The van der Waals surface area contributed by atoms with Crippen molar-refractivity contribution in [2.45, 2.75) is 19.5 Å². The molecule has 1 unspecified atom stereocenters. The molecule has 0 spiro atoms. The Balaban J connectivity index is 1.63. The summed E-state index contributed by atoms with van der Waals surface area (Å²) >= 11 is 0. The molecule has 3 rings (SSSR count). The molecular weight excluding hydrogens is 260 g/mol. The van der Waals surface area contributed by atoms with Crippen LogP contribution in [0.1, 0.15) is 24.2 Å². The molecule has 0 bridgehead atoms. The summed E-state index contributed by atoms with van der Waals surface area (Å²) in [5.41, 5.74) is 3.18. The van der Waals surface area contributed by atoms with Crippen molar-refractivity contribution in [2.24, 2.45) is 0 Å². The average Bonchev–Trinajstić information content (AvgIpc) is 3.03. The molecule has 106 valence electrons. The molecule has 1 heterocycles.